The second-order valence-corrected chi connectivity index (χ2v) is 11.2. The van der Waals surface area contributed by atoms with Crippen molar-refractivity contribution in [3.8, 4) is 11.5 Å². The number of aliphatic carboxylic acids is 1. The highest BCUT2D eigenvalue weighted by atomic mass is 16.5. The van der Waals surface area contributed by atoms with Gasteiger partial charge in [-0.25, -0.2) is 4.79 Å². The van der Waals surface area contributed by atoms with Crippen molar-refractivity contribution in [2.24, 2.45) is 5.92 Å². The van der Waals surface area contributed by atoms with E-state index in [-0.39, 0.29) is 30.2 Å². The Hall–Kier alpha value is -2.80. The van der Waals surface area contributed by atoms with E-state index in [4.69, 9.17) is 4.74 Å². The fraction of sp³-hybridized carbons (Fsp3) is 0.586. The molecular formula is C29H41NO6. The Morgan fingerprint density at radius 3 is 2.53 bits per heavy atom. The average Bonchev–Trinajstić information content (AvgIpc) is 3.09. The third-order valence-corrected chi connectivity index (χ3v) is 7.30. The van der Waals surface area contributed by atoms with Crippen LogP contribution in [-0.4, -0.2) is 49.8 Å². The number of hydrogen-bond acceptors (Lipinski definition) is 5. The van der Waals surface area contributed by atoms with E-state index in [1.165, 1.54) is 22.1 Å². The summed E-state index contributed by atoms with van der Waals surface area (Å²) in [6, 6.07) is 0.435. The van der Waals surface area contributed by atoms with Crippen LogP contribution in [0.15, 0.2) is 29.4 Å². The molecule has 2 aliphatic heterocycles. The van der Waals surface area contributed by atoms with Crippen LogP contribution in [0, 0.1) is 5.92 Å². The summed E-state index contributed by atoms with van der Waals surface area (Å²) in [5.74, 6) is -1.06. The van der Waals surface area contributed by atoms with E-state index in [0.29, 0.717) is 29.7 Å². The molecule has 7 nitrogen and oxygen atoms in total. The van der Waals surface area contributed by atoms with Crippen molar-refractivity contribution in [2.75, 3.05) is 0 Å². The minimum Gasteiger partial charge on any atom is -0.508 e. The maximum absolute atomic E-state index is 13.2. The van der Waals surface area contributed by atoms with Gasteiger partial charge in [0.1, 0.15) is 23.1 Å². The van der Waals surface area contributed by atoms with E-state index >= 15 is 0 Å². The topological polar surface area (TPSA) is 107 Å². The predicted octanol–water partition coefficient (Wildman–Crippen LogP) is 5.37. The smallest absolute Gasteiger partial charge is 0.326 e. The number of carboxylic acid groups (broad SMARTS) is 1. The number of carbonyl (C=O) groups excluding carboxylic acids is 1. The van der Waals surface area contributed by atoms with Crippen molar-refractivity contribution in [1.82, 2.24) is 4.90 Å². The lowest BCUT2D eigenvalue weighted by Crippen LogP contribution is -2.49. The summed E-state index contributed by atoms with van der Waals surface area (Å²) in [5.41, 5.74) is 3.03. The average molecular weight is 500 g/mol. The number of benzene rings is 1. The molecule has 1 aromatic rings. The molecule has 1 amide bonds. The van der Waals surface area contributed by atoms with Gasteiger partial charge in [-0.05, 0) is 71.8 Å². The van der Waals surface area contributed by atoms with Crippen LogP contribution >= 0.6 is 0 Å². The molecule has 3 rings (SSSR count). The summed E-state index contributed by atoms with van der Waals surface area (Å²) in [7, 11) is 0. The van der Waals surface area contributed by atoms with Crippen LogP contribution in [0.1, 0.15) is 95.1 Å². The number of allylic oxidation sites excluding steroid dienone is 4. The van der Waals surface area contributed by atoms with Crippen LogP contribution in [0.4, 0.5) is 0 Å². The van der Waals surface area contributed by atoms with Crippen molar-refractivity contribution in [1.29, 1.82) is 0 Å². The molecule has 0 aliphatic carbocycles. The van der Waals surface area contributed by atoms with Gasteiger partial charge in [0.25, 0.3) is 5.91 Å². The number of carbonyl (C=O) groups is 2. The van der Waals surface area contributed by atoms with Gasteiger partial charge in [-0.1, -0.05) is 37.1 Å². The van der Waals surface area contributed by atoms with Crippen molar-refractivity contribution in [2.45, 2.75) is 104 Å². The van der Waals surface area contributed by atoms with E-state index < -0.39 is 29.6 Å². The van der Waals surface area contributed by atoms with E-state index in [1.54, 1.807) is 0 Å². The normalized spacial score (nSPS) is 22.2. The maximum Gasteiger partial charge on any atom is 0.326 e. The highest BCUT2D eigenvalue weighted by molar-refractivity contribution is 6.02. The van der Waals surface area contributed by atoms with Gasteiger partial charge in [0.2, 0.25) is 0 Å². The monoisotopic (exact) mass is 499 g/mol. The van der Waals surface area contributed by atoms with E-state index in [1.807, 2.05) is 20.8 Å². The molecular weight excluding hydrogens is 458 g/mol. The number of phenolic OH excluding ortho intramolecular Hbond substituents is 1. The van der Waals surface area contributed by atoms with Gasteiger partial charge < -0.3 is 25.0 Å². The van der Waals surface area contributed by atoms with Crippen LogP contribution < -0.4 is 4.74 Å². The van der Waals surface area contributed by atoms with Crippen molar-refractivity contribution >= 4 is 11.9 Å². The first-order valence-electron chi connectivity index (χ1n) is 12.9. The SMILES string of the molecule is CC(C)=CCCC(C)=CCCC1(C)Oc2c(c(O)cc3c2CN(C(CC(C)C)C(=O)O)C3=O)CC1O. The first-order valence-corrected chi connectivity index (χ1v) is 12.9. The number of amides is 1. The molecule has 2 aliphatic rings. The Bertz CT molecular complexity index is 1070. The molecule has 3 N–H and O–H groups in total. The Balaban J connectivity index is 1.83. The van der Waals surface area contributed by atoms with Crippen LogP contribution in [0.2, 0.25) is 0 Å². The largest absolute Gasteiger partial charge is 0.508 e. The molecule has 36 heavy (non-hydrogen) atoms. The first kappa shape index (κ1) is 27.8. The van der Waals surface area contributed by atoms with Gasteiger partial charge in [-0.3, -0.25) is 4.79 Å². The summed E-state index contributed by atoms with van der Waals surface area (Å²) in [5, 5.41) is 31.4. The number of rotatable bonds is 10. The Kier molecular flexibility index (Phi) is 8.55. The lowest BCUT2D eigenvalue weighted by atomic mass is 9.84. The third kappa shape index (κ3) is 5.94. The molecule has 3 atom stereocenters. The Morgan fingerprint density at radius 1 is 1.22 bits per heavy atom. The van der Waals surface area contributed by atoms with E-state index in [9.17, 15) is 24.9 Å². The molecule has 0 aromatic heterocycles. The molecule has 0 saturated heterocycles. The summed E-state index contributed by atoms with van der Waals surface area (Å²) >= 11 is 0. The van der Waals surface area contributed by atoms with Gasteiger partial charge in [0.15, 0.2) is 0 Å². The zero-order chi connectivity index (χ0) is 26.8. The predicted molar refractivity (Wildman–Crippen MR) is 139 cm³/mol. The number of phenols is 1. The van der Waals surface area contributed by atoms with Crippen LogP contribution in [-0.2, 0) is 17.8 Å². The molecule has 0 saturated carbocycles. The molecule has 0 radical (unpaired) electrons. The molecule has 0 bridgehead atoms. The second kappa shape index (κ2) is 11.1. The van der Waals surface area contributed by atoms with Gasteiger partial charge in [0, 0.05) is 17.5 Å². The van der Waals surface area contributed by atoms with Gasteiger partial charge in [-0.15, -0.1) is 0 Å². The molecule has 0 spiro atoms. The standard InChI is InChI=1S/C29H41NO6/c1-17(2)9-7-10-19(5)11-8-12-29(6)25(32)15-21-24(31)14-20-22(26(21)36-29)16-30(27(20)33)23(28(34)35)13-18(3)4/h9,11,14,18,23,25,31-32H,7-8,10,12-13,15-16H2,1-6H3,(H,34,35). The van der Waals surface area contributed by atoms with E-state index in [0.717, 1.165) is 19.3 Å². The quantitative estimate of drug-likeness (QED) is 0.373. The number of carboxylic acids is 1. The summed E-state index contributed by atoms with van der Waals surface area (Å²) in [6.07, 6.45) is 7.39. The molecule has 3 unspecified atom stereocenters. The third-order valence-electron chi connectivity index (χ3n) is 7.30. The summed E-state index contributed by atoms with van der Waals surface area (Å²) in [4.78, 5) is 26.5. The number of aliphatic hydroxyl groups is 1. The Labute approximate surface area is 214 Å². The summed E-state index contributed by atoms with van der Waals surface area (Å²) in [6.45, 7) is 12.1. The van der Waals surface area contributed by atoms with Crippen LogP contribution in [0.3, 0.4) is 0 Å². The molecule has 198 valence electrons. The van der Waals surface area contributed by atoms with Gasteiger partial charge in [-0.2, -0.15) is 0 Å². The molecule has 2 heterocycles. The summed E-state index contributed by atoms with van der Waals surface area (Å²) < 4.78 is 6.39. The first-order chi connectivity index (χ1) is 16.8. The fourth-order valence-corrected chi connectivity index (χ4v) is 5.08. The zero-order valence-corrected chi connectivity index (χ0v) is 22.4. The van der Waals surface area contributed by atoms with Crippen LogP contribution in [0.25, 0.3) is 0 Å². The van der Waals surface area contributed by atoms with E-state index in [2.05, 4.69) is 32.9 Å². The minimum absolute atomic E-state index is 0.0955. The highest BCUT2D eigenvalue weighted by Crippen LogP contribution is 2.46. The molecule has 7 heteroatoms. The van der Waals surface area contributed by atoms with Crippen molar-refractivity contribution < 1.29 is 29.6 Å². The number of ether oxygens (including phenoxy) is 1. The molecule has 1 aromatic carbocycles. The van der Waals surface area contributed by atoms with Crippen molar-refractivity contribution in [3.63, 3.8) is 0 Å². The Morgan fingerprint density at radius 2 is 1.92 bits per heavy atom. The van der Waals surface area contributed by atoms with Gasteiger partial charge >= 0.3 is 5.97 Å². The number of nitrogens with zero attached hydrogens (tertiary/aromatic N) is 1. The second-order valence-electron chi connectivity index (χ2n) is 11.2. The number of hydrogen-bond donors (Lipinski definition) is 3. The van der Waals surface area contributed by atoms with Crippen LogP contribution in [0.5, 0.6) is 11.5 Å². The number of aliphatic hydroxyl groups excluding tert-OH is 1. The minimum atomic E-state index is -1.05. The maximum atomic E-state index is 13.2. The molecule has 0 fully saturated rings. The lowest BCUT2D eigenvalue weighted by Gasteiger charge is -2.41. The highest BCUT2D eigenvalue weighted by Gasteiger charge is 2.45. The lowest BCUT2D eigenvalue weighted by molar-refractivity contribution is -0.143. The van der Waals surface area contributed by atoms with Crippen molar-refractivity contribution in [3.05, 3.63) is 46.1 Å². The number of aromatic hydroxyl groups is 1. The fourth-order valence-electron chi connectivity index (χ4n) is 5.08. The zero-order valence-electron chi connectivity index (χ0n) is 22.4. The van der Waals surface area contributed by atoms with Gasteiger partial charge in [0.05, 0.1) is 18.2 Å². The number of fused-ring (bicyclic) bond motifs is 3.